The lowest BCUT2D eigenvalue weighted by atomic mass is 9.80. The van der Waals surface area contributed by atoms with Crippen LogP contribution in [0.15, 0.2) is 23.8 Å². The van der Waals surface area contributed by atoms with Gasteiger partial charge in [0.05, 0.1) is 6.61 Å². The van der Waals surface area contributed by atoms with E-state index in [4.69, 9.17) is 9.84 Å². The molecule has 1 heterocycles. The number of carboxylic acids is 1. The van der Waals surface area contributed by atoms with Crippen LogP contribution in [0.25, 0.3) is 0 Å². The molecule has 1 aliphatic carbocycles. The van der Waals surface area contributed by atoms with Crippen LogP contribution in [0.1, 0.15) is 6.42 Å². The fourth-order valence-corrected chi connectivity index (χ4v) is 1.91. The van der Waals surface area contributed by atoms with Crippen molar-refractivity contribution in [3.05, 3.63) is 23.8 Å². The maximum atomic E-state index is 10.8. The van der Waals surface area contributed by atoms with E-state index in [2.05, 4.69) is 0 Å². The number of aliphatic carboxylic acids is 1. The number of hydrogen-bond acceptors (Lipinski definition) is 4. The van der Waals surface area contributed by atoms with E-state index >= 15 is 0 Å². The predicted molar refractivity (Wildman–Crippen MR) is 50.2 cm³/mol. The van der Waals surface area contributed by atoms with Crippen molar-refractivity contribution in [1.29, 1.82) is 0 Å². The molecule has 3 atom stereocenters. The third kappa shape index (κ3) is 1.69. The monoisotopic (exact) mass is 212 g/mol. The molecule has 5 heteroatoms. The Kier molecular flexibility index (Phi) is 2.38. The zero-order valence-corrected chi connectivity index (χ0v) is 7.96. The van der Waals surface area contributed by atoms with Crippen LogP contribution in [0.2, 0.25) is 0 Å². The number of aliphatic hydroxyl groups is 2. The number of fused-ring (bicyclic) bond motifs is 2. The number of carbonyl (C=O) groups is 1. The van der Waals surface area contributed by atoms with Gasteiger partial charge in [-0.25, -0.2) is 4.79 Å². The van der Waals surface area contributed by atoms with Gasteiger partial charge in [-0.3, -0.25) is 0 Å². The minimum absolute atomic E-state index is 0.0688. The summed E-state index contributed by atoms with van der Waals surface area (Å²) in [5.74, 6) is -1.09. The minimum Gasteiger partial charge on any atom is -0.478 e. The van der Waals surface area contributed by atoms with E-state index in [9.17, 15) is 15.0 Å². The van der Waals surface area contributed by atoms with Crippen molar-refractivity contribution in [2.45, 2.75) is 24.2 Å². The largest absolute Gasteiger partial charge is 0.478 e. The first-order valence-electron chi connectivity index (χ1n) is 4.67. The van der Waals surface area contributed by atoms with Crippen molar-refractivity contribution in [2.75, 3.05) is 6.61 Å². The van der Waals surface area contributed by atoms with Crippen LogP contribution in [-0.4, -0.2) is 45.7 Å². The fraction of sp³-hybridized carbons (Fsp3) is 0.500. The molecule has 0 saturated heterocycles. The number of ether oxygens (including phenoxy) is 1. The summed E-state index contributed by atoms with van der Waals surface area (Å²) in [6.07, 6.45) is 2.38. The van der Waals surface area contributed by atoms with E-state index in [0.717, 1.165) is 0 Å². The van der Waals surface area contributed by atoms with Crippen LogP contribution < -0.4 is 0 Å². The van der Waals surface area contributed by atoms with Gasteiger partial charge in [-0.1, -0.05) is 12.2 Å². The Balaban J connectivity index is 2.39. The lowest BCUT2D eigenvalue weighted by molar-refractivity contribution is -0.136. The second-order valence-electron chi connectivity index (χ2n) is 3.81. The summed E-state index contributed by atoms with van der Waals surface area (Å²) >= 11 is 0. The van der Waals surface area contributed by atoms with E-state index in [-0.39, 0.29) is 18.6 Å². The van der Waals surface area contributed by atoms with Crippen LogP contribution in [0.4, 0.5) is 0 Å². The van der Waals surface area contributed by atoms with Gasteiger partial charge in [0.2, 0.25) is 0 Å². The summed E-state index contributed by atoms with van der Waals surface area (Å²) in [7, 11) is 0. The molecular formula is C10H12O5. The standard InChI is InChI=1S/C10H12O5/c11-8-7-4-6(9(12)13)5-10(8,14)2-1-3-15-7/h1-2,4,7-8,11,14H,3,5H2,(H,12,13)/t7-,8+,10-/m1/s1. The fourth-order valence-electron chi connectivity index (χ4n) is 1.91. The number of carboxylic acid groups (broad SMARTS) is 1. The normalized spacial score (nSPS) is 39.5. The molecule has 0 amide bonds. The summed E-state index contributed by atoms with van der Waals surface area (Å²) in [5, 5.41) is 28.7. The van der Waals surface area contributed by atoms with E-state index in [1.165, 1.54) is 12.2 Å². The molecule has 0 aromatic carbocycles. The molecule has 2 aliphatic rings. The first kappa shape index (κ1) is 10.4. The number of aliphatic hydroxyl groups excluding tert-OH is 1. The van der Waals surface area contributed by atoms with Gasteiger partial charge in [0.1, 0.15) is 17.8 Å². The molecule has 1 aliphatic heterocycles. The summed E-state index contributed by atoms with van der Waals surface area (Å²) in [4.78, 5) is 10.8. The first-order valence-corrected chi connectivity index (χ1v) is 4.67. The van der Waals surface area contributed by atoms with E-state index in [1.807, 2.05) is 0 Å². The van der Waals surface area contributed by atoms with Crippen molar-refractivity contribution >= 4 is 5.97 Å². The van der Waals surface area contributed by atoms with Gasteiger partial charge >= 0.3 is 5.97 Å². The average molecular weight is 212 g/mol. The Bertz CT molecular complexity index is 346. The molecule has 2 rings (SSSR count). The van der Waals surface area contributed by atoms with E-state index < -0.39 is 23.8 Å². The van der Waals surface area contributed by atoms with Crippen LogP contribution in [-0.2, 0) is 9.53 Å². The highest BCUT2D eigenvalue weighted by Gasteiger charge is 2.44. The zero-order chi connectivity index (χ0) is 11.1. The van der Waals surface area contributed by atoms with Crippen LogP contribution in [0, 0.1) is 0 Å². The Morgan fingerprint density at radius 2 is 2.33 bits per heavy atom. The van der Waals surface area contributed by atoms with Crippen molar-refractivity contribution < 1.29 is 24.9 Å². The van der Waals surface area contributed by atoms with Crippen LogP contribution >= 0.6 is 0 Å². The highest BCUT2D eigenvalue weighted by Crippen LogP contribution is 2.33. The molecule has 0 fully saturated rings. The molecule has 0 aromatic rings. The predicted octanol–water partition coefficient (Wildman–Crippen LogP) is -0.552. The van der Waals surface area contributed by atoms with Crippen molar-refractivity contribution in [2.24, 2.45) is 0 Å². The Morgan fingerprint density at radius 3 is 3.00 bits per heavy atom. The molecule has 2 bridgehead atoms. The van der Waals surface area contributed by atoms with Gasteiger partial charge in [0.15, 0.2) is 0 Å². The molecule has 5 nitrogen and oxygen atoms in total. The molecule has 0 aromatic heterocycles. The lowest BCUT2D eigenvalue weighted by Gasteiger charge is -2.36. The van der Waals surface area contributed by atoms with E-state index in [1.54, 1.807) is 6.08 Å². The topological polar surface area (TPSA) is 87.0 Å². The van der Waals surface area contributed by atoms with Gasteiger partial charge in [-0.05, 0) is 6.08 Å². The third-order valence-corrected chi connectivity index (χ3v) is 2.73. The van der Waals surface area contributed by atoms with Gasteiger partial charge < -0.3 is 20.1 Å². The minimum atomic E-state index is -1.52. The van der Waals surface area contributed by atoms with Crippen molar-refractivity contribution in [3.8, 4) is 0 Å². The Labute approximate surface area is 86.3 Å². The molecule has 82 valence electrons. The molecule has 0 spiro atoms. The second kappa shape index (κ2) is 3.44. The maximum Gasteiger partial charge on any atom is 0.331 e. The molecule has 15 heavy (non-hydrogen) atoms. The van der Waals surface area contributed by atoms with Gasteiger partial charge in [-0.15, -0.1) is 0 Å². The Hall–Kier alpha value is -1.17. The summed E-state index contributed by atoms with van der Waals surface area (Å²) in [6.45, 7) is 0.257. The lowest BCUT2D eigenvalue weighted by Crippen LogP contribution is -2.50. The van der Waals surface area contributed by atoms with Crippen LogP contribution in [0.5, 0.6) is 0 Å². The summed E-state index contributed by atoms with van der Waals surface area (Å²) in [5.41, 5.74) is -1.46. The van der Waals surface area contributed by atoms with Gasteiger partial charge in [-0.2, -0.15) is 0 Å². The van der Waals surface area contributed by atoms with Crippen LogP contribution in [0.3, 0.4) is 0 Å². The average Bonchev–Trinajstić information content (AvgIpc) is 2.28. The number of hydrogen-bond donors (Lipinski definition) is 3. The smallest absolute Gasteiger partial charge is 0.331 e. The van der Waals surface area contributed by atoms with E-state index in [0.29, 0.717) is 0 Å². The molecular weight excluding hydrogens is 200 g/mol. The molecule has 0 saturated carbocycles. The SMILES string of the molecule is O=C(O)C1=C[C@H]2OCC=C[C@@](O)(C1)[C@H]2O. The third-order valence-electron chi connectivity index (χ3n) is 2.73. The second-order valence-corrected chi connectivity index (χ2v) is 3.81. The molecule has 3 N–H and O–H groups in total. The Morgan fingerprint density at radius 1 is 1.60 bits per heavy atom. The van der Waals surface area contributed by atoms with Crippen molar-refractivity contribution in [1.82, 2.24) is 0 Å². The summed E-state index contributed by atoms with van der Waals surface area (Å²) in [6, 6.07) is 0. The highest BCUT2D eigenvalue weighted by atomic mass is 16.5. The summed E-state index contributed by atoms with van der Waals surface area (Å²) < 4.78 is 5.20. The first-order chi connectivity index (χ1) is 7.03. The molecule has 0 radical (unpaired) electrons. The maximum absolute atomic E-state index is 10.8. The molecule has 0 unspecified atom stereocenters. The number of rotatable bonds is 1. The van der Waals surface area contributed by atoms with Gasteiger partial charge in [0.25, 0.3) is 0 Å². The van der Waals surface area contributed by atoms with Gasteiger partial charge in [0, 0.05) is 12.0 Å². The quantitative estimate of drug-likeness (QED) is 0.507. The highest BCUT2D eigenvalue weighted by molar-refractivity contribution is 5.87. The van der Waals surface area contributed by atoms with Crippen molar-refractivity contribution in [3.63, 3.8) is 0 Å². The zero-order valence-electron chi connectivity index (χ0n) is 7.96.